The number of anilines is 1. The molecule has 1 aromatic heterocycles. The molecule has 0 unspecified atom stereocenters. The first-order chi connectivity index (χ1) is 12.6. The fraction of sp³-hybridized carbons (Fsp3) is 0.500. The standard InChI is InChI=1S/C20H25N3O2S/c1-14(24)23(18-4-5-18)20-21-17(13-26-20)12-22-10-8-16(9-11-22)15-2-6-19(25)7-3-15/h2-3,6-7,13,16,18,25H,4-5,8-12H2,1H3. The highest BCUT2D eigenvalue weighted by atomic mass is 32.1. The number of phenolic OH excluding ortho intramolecular Hbond substituents is 1. The highest BCUT2D eigenvalue weighted by Crippen LogP contribution is 2.34. The van der Waals surface area contributed by atoms with Crippen LogP contribution in [0.3, 0.4) is 0 Å². The molecule has 0 spiro atoms. The van der Waals surface area contributed by atoms with Gasteiger partial charge in [0.25, 0.3) is 0 Å². The first kappa shape index (κ1) is 17.5. The summed E-state index contributed by atoms with van der Waals surface area (Å²) in [5.41, 5.74) is 2.39. The molecule has 2 fully saturated rings. The van der Waals surface area contributed by atoms with E-state index in [1.165, 1.54) is 5.56 Å². The molecule has 0 atom stereocenters. The van der Waals surface area contributed by atoms with E-state index in [-0.39, 0.29) is 5.91 Å². The van der Waals surface area contributed by atoms with E-state index >= 15 is 0 Å². The van der Waals surface area contributed by atoms with Gasteiger partial charge in [0.1, 0.15) is 5.75 Å². The van der Waals surface area contributed by atoms with E-state index in [1.54, 1.807) is 30.4 Å². The highest BCUT2D eigenvalue weighted by molar-refractivity contribution is 7.14. The van der Waals surface area contributed by atoms with Gasteiger partial charge < -0.3 is 5.11 Å². The highest BCUT2D eigenvalue weighted by Gasteiger charge is 2.33. The number of benzene rings is 1. The summed E-state index contributed by atoms with van der Waals surface area (Å²) < 4.78 is 0. The maximum Gasteiger partial charge on any atom is 0.225 e. The maximum atomic E-state index is 11.9. The van der Waals surface area contributed by atoms with E-state index in [0.717, 1.165) is 56.1 Å². The largest absolute Gasteiger partial charge is 0.508 e. The van der Waals surface area contributed by atoms with Crippen LogP contribution in [-0.4, -0.2) is 40.0 Å². The molecule has 138 valence electrons. The van der Waals surface area contributed by atoms with Gasteiger partial charge in [-0.15, -0.1) is 11.3 Å². The number of thiazole rings is 1. The Morgan fingerprint density at radius 1 is 1.23 bits per heavy atom. The van der Waals surface area contributed by atoms with E-state index < -0.39 is 0 Å². The molecule has 26 heavy (non-hydrogen) atoms. The van der Waals surface area contributed by atoms with E-state index in [2.05, 4.69) is 10.3 Å². The van der Waals surface area contributed by atoms with Gasteiger partial charge in [-0.2, -0.15) is 0 Å². The van der Waals surface area contributed by atoms with Gasteiger partial charge in [0.05, 0.1) is 5.69 Å². The fourth-order valence-corrected chi connectivity index (χ4v) is 4.69. The molecule has 1 saturated heterocycles. The summed E-state index contributed by atoms with van der Waals surface area (Å²) in [6, 6.07) is 8.00. The van der Waals surface area contributed by atoms with Crippen LogP contribution in [0.5, 0.6) is 5.75 Å². The van der Waals surface area contributed by atoms with Gasteiger partial charge in [0.15, 0.2) is 5.13 Å². The van der Waals surface area contributed by atoms with Crippen molar-refractivity contribution in [2.75, 3.05) is 18.0 Å². The van der Waals surface area contributed by atoms with Crippen molar-refractivity contribution in [1.82, 2.24) is 9.88 Å². The van der Waals surface area contributed by atoms with Crippen molar-refractivity contribution in [3.8, 4) is 5.75 Å². The summed E-state index contributed by atoms with van der Waals surface area (Å²) in [6.45, 7) is 4.59. The molecule has 2 aromatic rings. The lowest BCUT2D eigenvalue weighted by Crippen LogP contribution is -2.33. The minimum atomic E-state index is 0.100. The van der Waals surface area contributed by atoms with Crippen molar-refractivity contribution in [1.29, 1.82) is 0 Å². The van der Waals surface area contributed by atoms with E-state index in [9.17, 15) is 9.90 Å². The zero-order valence-electron chi connectivity index (χ0n) is 15.1. The maximum absolute atomic E-state index is 11.9. The SMILES string of the molecule is CC(=O)N(c1nc(CN2CCC(c3ccc(O)cc3)CC2)cs1)C1CC1. The smallest absolute Gasteiger partial charge is 0.225 e. The third-order valence-electron chi connectivity index (χ3n) is 5.33. The second kappa shape index (κ2) is 7.37. The Labute approximate surface area is 158 Å². The number of carbonyl (C=O) groups is 1. The molecule has 1 aliphatic heterocycles. The third-order valence-corrected chi connectivity index (χ3v) is 6.22. The molecule has 1 amide bonds. The van der Waals surface area contributed by atoms with Crippen LogP contribution in [-0.2, 0) is 11.3 Å². The van der Waals surface area contributed by atoms with Crippen LogP contribution in [0.1, 0.15) is 49.8 Å². The molecule has 0 bridgehead atoms. The normalized spacial score (nSPS) is 18.8. The number of rotatable bonds is 5. The predicted octanol–water partition coefficient (Wildman–Crippen LogP) is 3.74. The summed E-state index contributed by atoms with van der Waals surface area (Å²) >= 11 is 1.59. The number of nitrogens with zero attached hydrogens (tertiary/aromatic N) is 3. The monoisotopic (exact) mass is 371 g/mol. The Morgan fingerprint density at radius 3 is 2.54 bits per heavy atom. The molecule has 2 heterocycles. The molecule has 1 aromatic carbocycles. The van der Waals surface area contributed by atoms with Crippen LogP contribution >= 0.6 is 11.3 Å². The average molecular weight is 372 g/mol. The number of likely N-dealkylation sites (tertiary alicyclic amines) is 1. The Bertz CT molecular complexity index is 762. The number of aromatic nitrogens is 1. The van der Waals surface area contributed by atoms with Crippen molar-refractivity contribution >= 4 is 22.4 Å². The average Bonchev–Trinajstić information content (AvgIpc) is 3.35. The van der Waals surface area contributed by atoms with Gasteiger partial charge in [-0.25, -0.2) is 4.98 Å². The Morgan fingerprint density at radius 2 is 1.92 bits per heavy atom. The van der Waals surface area contributed by atoms with Crippen LogP contribution in [0.15, 0.2) is 29.6 Å². The molecule has 1 N–H and O–H groups in total. The quantitative estimate of drug-likeness (QED) is 0.870. The number of phenols is 1. The van der Waals surface area contributed by atoms with Crippen LogP contribution in [0.2, 0.25) is 0 Å². The number of carbonyl (C=O) groups excluding carboxylic acids is 1. The van der Waals surface area contributed by atoms with Crippen LogP contribution in [0.25, 0.3) is 0 Å². The zero-order chi connectivity index (χ0) is 18.1. The number of amides is 1. The predicted molar refractivity (Wildman–Crippen MR) is 104 cm³/mol. The molecule has 6 heteroatoms. The molecule has 2 aliphatic rings. The minimum Gasteiger partial charge on any atom is -0.508 e. The van der Waals surface area contributed by atoms with Crippen LogP contribution in [0.4, 0.5) is 5.13 Å². The fourth-order valence-electron chi connectivity index (χ4n) is 3.76. The minimum absolute atomic E-state index is 0.100. The molecular formula is C20H25N3O2S. The number of hydrogen-bond acceptors (Lipinski definition) is 5. The lowest BCUT2D eigenvalue weighted by Gasteiger charge is -2.31. The molecule has 4 rings (SSSR count). The van der Waals surface area contributed by atoms with E-state index in [0.29, 0.717) is 17.7 Å². The number of aromatic hydroxyl groups is 1. The van der Waals surface area contributed by atoms with Gasteiger partial charge in [0.2, 0.25) is 5.91 Å². The third kappa shape index (κ3) is 3.91. The van der Waals surface area contributed by atoms with Crippen LogP contribution < -0.4 is 4.90 Å². The summed E-state index contributed by atoms with van der Waals surface area (Å²) in [5, 5.41) is 12.4. The number of hydrogen-bond donors (Lipinski definition) is 1. The van der Waals surface area contributed by atoms with Gasteiger partial charge in [-0.1, -0.05) is 12.1 Å². The summed E-state index contributed by atoms with van der Waals surface area (Å²) in [5.74, 6) is 1.00. The second-order valence-corrected chi connectivity index (χ2v) is 8.22. The van der Waals surface area contributed by atoms with Gasteiger partial charge in [-0.3, -0.25) is 14.6 Å². The van der Waals surface area contributed by atoms with Crippen molar-refractivity contribution in [2.24, 2.45) is 0 Å². The lowest BCUT2D eigenvalue weighted by molar-refractivity contribution is -0.116. The van der Waals surface area contributed by atoms with Crippen LogP contribution in [0, 0.1) is 0 Å². The van der Waals surface area contributed by atoms with E-state index in [1.807, 2.05) is 17.0 Å². The van der Waals surface area contributed by atoms with Crippen molar-refractivity contribution in [2.45, 2.75) is 51.1 Å². The molecule has 1 saturated carbocycles. The molecule has 0 radical (unpaired) electrons. The first-order valence-electron chi connectivity index (χ1n) is 9.35. The second-order valence-electron chi connectivity index (χ2n) is 7.38. The van der Waals surface area contributed by atoms with Gasteiger partial charge in [0, 0.05) is 24.9 Å². The Balaban J connectivity index is 1.33. The van der Waals surface area contributed by atoms with Gasteiger partial charge in [-0.05, 0) is 62.4 Å². The Kier molecular flexibility index (Phi) is 4.96. The molecule has 5 nitrogen and oxygen atoms in total. The summed E-state index contributed by atoms with van der Waals surface area (Å²) in [6.07, 6.45) is 4.45. The van der Waals surface area contributed by atoms with Crippen molar-refractivity contribution in [3.63, 3.8) is 0 Å². The summed E-state index contributed by atoms with van der Waals surface area (Å²) in [4.78, 5) is 20.9. The summed E-state index contributed by atoms with van der Waals surface area (Å²) in [7, 11) is 0. The Hall–Kier alpha value is -1.92. The van der Waals surface area contributed by atoms with Crippen molar-refractivity contribution < 1.29 is 9.90 Å². The molecule has 1 aliphatic carbocycles. The lowest BCUT2D eigenvalue weighted by atomic mass is 9.89. The van der Waals surface area contributed by atoms with E-state index in [4.69, 9.17) is 4.98 Å². The molecular weight excluding hydrogens is 346 g/mol. The topological polar surface area (TPSA) is 56.7 Å². The zero-order valence-corrected chi connectivity index (χ0v) is 15.9. The number of piperidine rings is 1. The van der Waals surface area contributed by atoms with Crippen molar-refractivity contribution in [3.05, 3.63) is 40.9 Å². The van der Waals surface area contributed by atoms with Gasteiger partial charge >= 0.3 is 0 Å². The first-order valence-corrected chi connectivity index (χ1v) is 10.2.